The molecule has 0 saturated carbocycles. The molecule has 0 radical (unpaired) electrons. The van der Waals surface area contributed by atoms with Gasteiger partial charge in [-0.3, -0.25) is 9.78 Å². The third-order valence-electron chi connectivity index (χ3n) is 5.76. The molecule has 3 aromatic heterocycles. The number of halogens is 3. The van der Waals surface area contributed by atoms with E-state index >= 15 is 0 Å². The van der Waals surface area contributed by atoms with E-state index in [2.05, 4.69) is 38.8 Å². The van der Waals surface area contributed by atoms with Gasteiger partial charge in [0.15, 0.2) is 12.4 Å². The standard InChI is InChI=1S/C27H36F3N5O5S/c1-18-12-22(39-15-26(2,3)24(36)37-4)32-14-20(18)21-9-8-19(13-31-21)23-33-25(40-16-27(28,29)30)35(34-23)17-38-10-11-41(5,6)7/h8-9,12-14H,10-11,15-17H2,1-7H3. The molecule has 0 aliphatic heterocycles. The Hall–Kier alpha value is -3.39. The number of nitrogens with zero attached hydrogens (tertiary/aromatic N) is 5. The third kappa shape index (κ3) is 9.59. The van der Waals surface area contributed by atoms with Crippen molar-refractivity contribution in [3.8, 4) is 34.5 Å². The van der Waals surface area contributed by atoms with Crippen LogP contribution in [-0.2, 0) is 21.0 Å². The number of carbonyl (C=O) groups is 1. The molecule has 0 bridgehead atoms. The van der Waals surface area contributed by atoms with Crippen molar-refractivity contribution in [1.82, 2.24) is 24.7 Å². The molecule has 0 amide bonds. The fraction of sp³-hybridized carbons (Fsp3) is 0.519. The highest BCUT2D eigenvalue weighted by Crippen LogP contribution is 2.33. The molecule has 3 rings (SSSR count). The molecule has 3 heterocycles. The summed E-state index contributed by atoms with van der Waals surface area (Å²) >= 11 is 0. The predicted molar refractivity (Wildman–Crippen MR) is 150 cm³/mol. The number of aryl methyl sites for hydroxylation is 1. The highest BCUT2D eigenvalue weighted by atomic mass is 32.3. The smallest absolute Gasteiger partial charge is 0.422 e. The van der Waals surface area contributed by atoms with Gasteiger partial charge in [-0.25, -0.2) is 15.0 Å². The average Bonchev–Trinajstić information content (AvgIpc) is 3.30. The van der Waals surface area contributed by atoms with Crippen molar-refractivity contribution in [2.45, 2.75) is 33.7 Å². The van der Waals surface area contributed by atoms with Crippen molar-refractivity contribution < 1.29 is 36.9 Å². The molecule has 0 saturated heterocycles. The van der Waals surface area contributed by atoms with Gasteiger partial charge in [0.2, 0.25) is 5.88 Å². The Balaban J connectivity index is 1.75. The number of alkyl halides is 3. The van der Waals surface area contributed by atoms with Gasteiger partial charge in [-0.1, -0.05) is 0 Å². The Morgan fingerprint density at radius 2 is 1.78 bits per heavy atom. The maximum absolute atomic E-state index is 12.8. The van der Waals surface area contributed by atoms with E-state index in [1.165, 1.54) is 18.0 Å². The number of pyridine rings is 2. The number of aromatic nitrogens is 5. The Morgan fingerprint density at radius 1 is 1.05 bits per heavy atom. The normalized spacial score (nSPS) is 12.7. The van der Waals surface area contributed by atoms with Crippen LogP contribution in [0.4, 0.5) is 13.2 Å². The first-order valence-electron chi connectivity index (χ1n) is 12.6. The first-order valence-corrected chi connectivity index (χ1v) is 15.6. The molecule has 0 spiro atoms. The van der Waals surface area contributed by atoms with Crippen LogP contribution in [0.3, 0.4) is 0 Å². The zero-order valence-corrected chi connectivity index (χ0v) is 25.1. The van der Waals surface area contributed by atoms with Crippen molar-refractivity contribution in [3.05, 3.63) is 36.2 Å². The van der Waals surface area contributed by atoms with Gasteiger partial charge in [-0.05, 0) is 57.2 Å². The van der Waals surface area contributed by atoms with Crippen LogP contribution in [0, 0.1) is 12.3 Å². The summed E-state index contributed by atoms with van der Waals surface area (Å²) in [5.74, 6) is 0.957. The third-order valence-corrected chi connectivity index (χ3v) is 7.15. The predicted octanol–water partition coefficient (Wildman–Crippen LogP) is 4.90. The summed E-state index contributed by atoms with van der Waals surface area (Å²) in [4.78, 5) is 24.8. The fourth-order valence-electron chi connectivity index (χ4n) is 3.40. The lowest BCUT2D eigenvalue weighted by Gasteiger charge is -2.24. The highest BCUT2D eigenvalue weighted by molar-refractivity contribution is 8.32. The minimum Gasteiger partial charge on any atom is -0.476 e. The Labute approximate surface area is 238 Å². The molecule has 41 heavy (non-hydrogen) atoms. The Morgan fingerprint density at radius 3 is 2.37 bits per heavy atom. The summed E-state index contributed by atoms with van der Waals surface area (Å²) in [6, 6.07) is 4.89. The second kappa shape index (κ2) is 13.1. The minimum atomic E-state index is -4.53. The number of ether oxygens (including phenoxy) is 4. The summed E-state index contributed by atoms with van der Waals surface area (Å²) in [6.45, 7) is 4.24. The number of methoxy groups -OCH3 is 1. The largest absolute Gasteiger partial charge is 0.476 e. The van der Waals surface area contributed by atoms with Crippen LogP contribution < -0.4 is 9.47 Å². The lowest BCUT2D eigenvalue weighted by Crippen LogP contribution is -2.32. The van der Waals surface area contributed by atoms with Gasteiger partial charge in [0.05, 0.1) is 24.8 Å². The first-order chi connectivity index (χ1) is 19.1. The molecule has 226 valence electrons. The minimum absolute atomic E-state index is 0.0927. The first kappa shape index (κ1) is 32.1. The quantitative estimate of drug-likeness (QED) is 0.200. The van der Waals surface area contributed by atoms with Gasteiger partial charge in [0, 0.05) is 35.3 Å². The molecule has 0 aliphatic rings. The topological polar surface area (TPSA) is 110 Å². The fourth-order valence-corrected chi connectivity index (χ4v) is 4.02. The average molecular weight is 600 g/mol. The molecular weight excluding hydrogens is 563 g/mol. The van der Waals surface area contributed by atoms with Gasteiger partial charge in [0.1, 0.15) is 13.3 Å². The molecule has 0 atom stereocenters. The summed E-state index contributed by atoms with van der Waals surface area (Å²) in [5.41, 5.74) is 1.85. The molecule has 14 heteroatoms. The maximum Gasteiger partial charge on any atom is 0.422 e. The van der Waals surface area contributed by atoms with E-state index in [9.17, 15) is 18.0 Å². The van der Waals surface area contributed by atoms with E-state index in [0.29, 0.717) is 23.7 Å². The molecule has 0 N–H and O–H groups in total. The van der Waals surface area contributed by atoms with E-state index in [0.717, 1.165) is 16.9 Å². The lowest BCUT2D eigenvalue weighted by atomic mass is 9.95. The maximum atomic E-state index is 12.8. The van der Waals surface area contributed by atoms with Gasteiger partial charge in [-0.2, -0.15) is 22.8 Å². The van der Waals surface area contributed by atoms with E-state index in [1.807, 2.05) is 6.92 Å². The Bertz CT molecular complexity index is 1320. The SMILES string of the molecule is COC(=O)C(C)(C)COc1cc(C)c(-c2ccc(-c3nc(OCC(F)(F)F)n(COCCS(C)(C)C)n3)cn2)cn1. The molecule has 0 fully saturated rings. The summed E-state index contributed by atoms with van der Waals surface area (Å²) in [5, 5.41) is 4.30. The molecule has 3 aromatic rings. The number of hydrogen-bond donors (Lipinski definition) is 0. The lowest BCUT2D eigenvalue weighted by molar-refractivity contribution is -0.155. The van der Waals surface area contributed by atoms with Crippen molar-refractivity contribution in [2.75, 3.05) is 51.5 Å². The van der Waals surface area contributed by atoms with E-state index in [1.54, 1.807) is 38.2 Å². The zero-order valence-electron chi connectivity index (χ0n) is 24.2. The van der Waals surface area contributed by atoms with Crippen molar-refractivity contribution >= 4 is 16.0 Å². The molecule has 0 aliphatic carbocycles. The van der Waals surface area contributed by atoms with Gasteiger partial charge in [0.25, 0.3) is 0 Å². The van der Waals surface area contributed by atoms with Crippen LogP contribution in [0.25, 0.3) is 22.6 Å². The van der Waals surface area contributed by atoms with E-state index in [-0.39, 0.29) is 31.1 Å². The van der Waals surface area contributed by atoms with Crippen LogP contribution in [0.5, 0.6) is 11.9 Å². The van der Waals surface area contributed by atoms with E-state index < -0.39 is 28.2 Å². The van der Waals surface area contributed by atoms with Crippen molar-refractivity contribution in [1.29, 1.82) is 0 Å². The molecule has 0 unspecified atom stereocenters. The highest BCUT2D eigenvalue weighted by Gasteiger charge is 2.31. The van der Waals surface area contributed by atoms with Crippen LogP contribution in [0.15, 0.2) is 30.6 Å². The molecule has 0 aromatic carbocycles. The summed E-state index contributed by atoms with van der Waals surface area (Å²) in [7, 11) is 0.537. The monoisotopic (exact) mass is 599 g/mol. The van der Waals surface area contributed by atoms with Crippen LogP contribution in [-0.4, -0.2) is 88.3 Å². The summed E-state index contributed by atoms with van der Waals surface area (Å²) < 4.78 is 60.6. The van der Waals surface area contributed by atoms with Gasteiger partial charge >= 0.3 is 18.2 Å². The number of hydrogen-bond acceptors (Lipinski definition) is 9. The Kier molecular flexibility index (Phi) is 10.2. The second-order valence-corrected chi connectivity index (χ2v) is 15.5. The zero-order chi connectivity index (χ0) is 30.4. The van der Waals surface area contributed by atoms with Crippen molar-refractivity contribution in [2.24, 2.45) is 5.41 Å². The number of rotatable bonds is 13. The summed E-state index contributed by atoms with van der Waals surface area (Å²) in [6.07, 6.45) is 5.05. The molecular formula is C27H36F3N5O5S. The van der Waals surface area contributed by atoms with Gasteiger partial charge in [-0.15, -0.1) is 5.10 Å². The second-order valence-electron chi connectivity index (χ2n) is 10.9. The number of carbonyl (C=O) groups excluding carboxylic acids is 1. The van der Waals surface area contributed by atoms with E-state index in [4.69, 9.17) is 18.9 Å². The van der Waals surface area contributed by atoms with Crippen LogP contribution in [0.2, 0.25) is 0 Å². The number of esters is 1. The van der Waals surface area contributed by atoms with Gasteiger partial charge < -0.3 is 18.9 Å². The van der Waals surface area contributed by atoms with Crippen LogP contribution in [0.1, 0.15) is 19.4 Å². The van der Waals surface area contributed by atoms with Crippen LogP contribution >= 0.6 is 10.0 Å². The van der Waals surface area contributed by atoms with Crippen molar-refractivity contribution in [3.63, 3.8) is 0 Å². The molecule has 10 nitrogen and oxygen atoms in total.